The SMILES string of the molecule is O=C(c1ccc(S(=O)(=O)C2CCS(=O)(=O)C2)cc1)N1CCN(c2ccccc2)CC1. The number of anilines is 1. The van der Waals surface area contributed by atoms with E-state index >= 15 is 0 Å². The first-order valence-electron chi connectivity index (χ1n) is 9.90. The zero-order chi connectivity index (χ0) is 21.4. The van der Waals surface area contributed by atoms with Gasteiger partial charge in [-0.1, -0.05) is 18.2 Å². The molecule has 30 heavy (non-hydrogen) atoms. The maximum absolute atomic E-state index is 12.8. The molecule has 1 unspecified atom stereocenters. The summed E-state index contributed by atoms with van der Waals surface area (Å²) in [5.74, 6) is -0.556. The third-order valence-electron chi connectivity index (χ3n) is 5.75. The third-order valence-corrected chi connectivity index (χ3v) is 9.94. The van der Waals surface area contributed by atoms with Crippen molar-refractivity contribution < 1.29 is 21.6 Å². The van der Waals surface area contributed by atoms with Crippen molar-refractivity contribution in [3.63, 3.8) is 0 Å². The van der Waals surface area contributed by atoms with Gasteiger partial charge in [-0.3, -0.25) is 4.79 Å². The van der Waals surface area contributed by atoms with Crippen LogP contribution in [0.4, 0.5) is 5.69 Å². The van der Waals surface area contributed by atoms with E-state index < -0.39 is 24.9 Å². The molecule has 2 fully saturated rings. The summed E-state index contributed by atoms with van der Waals surface area (Å²) < 4.78 is 48.7. The average Bonchev–Trinajstić information content (AvgIpc) is 3.14. The number of rotatable bonds is 4. The number of benzene rings is 2. The lowest BCUT2D eigenvalue weighted by Gasteiger charge is -2.36. The molecule has 7 nitrogen and oxygen atoms in total. The Kier molecular flexibility index (Phi) is 5.59. The summed E-state index contributed by atoms with van der Waals surface area (Å²) in [7, 11) is -7.02. The van der Waals surface area contributed by atoms with Gasteiger partial charge in [0, 0.05) is 37.4 Å². The summed E-state index contributed by atoms with van der Waals surface area (Å²) >= 11 is 0. The molecule has 160 valence electrons. The number of para-hydroxylation sites is 1. The molecule has 2 aromatic rings. The number of hydrogen-bond donors (Lipinski definition) is 0. The molecule has 0 spiro atoms. The van der Waals surface area contributed by atoms with Gasteiger partial charge in [-0.15, -0.1) is 0 Å². The molecule has 0 bridgehead atoms. The molecular weight excluding hydrogens is 424 g/mol. The Bertz CT molecular complexity index is 1120. The molecule has 0 aliphatic carbocycles. The van der Waals surface area contributed by atoms with Gasteiger partial charge < -0.3 is 9.80 Å². The lowest BCUT2D eigenvalue weighted by molar-refractivity contribution is 0.0746. The standard InChI is InChI=1S/C21H24N2O5S2/c24-21(23-13-11-22(12-14-23)18-4-2-1-3-5-18)17-6-8-19(9-7-17)30(27,28)20-10-15-29(25,26)16-20/h1-9,20H,10-16H2. The van der Waals surface area contributed by atoms with Crippen LogP contribution in [-0.2, 0) is 19.7 Å². The first-order valence-corrected chi connectivity index (χ1v) is 13.3. The van der Waals surface area contributed by atoms with Gasteiger partial charge in [0.05, 0.1) is 21.7 Å². The van der Waals surface area contributed by atoms with Crippen molar-refractivity contribution in [1.82, 2.24) is 4.90 Å². The maximum Gasteiger partial charge on any atom is 0.253 e. The predicted molar refractivity (Wildman–Crippen MR) is 115 cm³/mol. The van der Waals surface area contributed by atoms with Gasteiger partial charge in [0.2, 0.25) is 0 Å². The number of hydrogen-bond acceptors (Lipinski definition) is 6. The van der Waals surface area contributed by atoms with Crippen LogP contribution in [0.5, 0.6) is 0 Å². The fourth-order valence-electron chi connectivity index (χ4n) is 3.97. The van der Waals surface area contributed by atoms with Gasteiger partial charge in [0.25, 0.3) is 5.91 Å². The minimum absolute atomic E-state index is 0.0649. The second-order valence-corrected chi connectivity index (χ2v) is 12.2. The van der Waals surface area contributed by atoms with Crippen molar-refractivity contribution >= 4 is 31.3 Å². The smallest absolute Gasteiger partial charge is 0.253 e. The molecule has 0 radical (unpaired) electrons. The zero-order valence-electron chi connectivity index (χ0n) is 16.5. The van der Waals surface area contributed by atoms with Gasteiger partial charge in [0.15, 0.2) is 19.7 Å². The minimum Gasteiger partial charge on any atom is -0.368 e. The summed E-state index contributed by atoms with van der Waals surface area (Å²) in [6, 6.07) is 15.9. The van der Waals surface area contributed by atoms with Crippen LogP contribution in [-0.4, -0.2) is 70.6 Å². The molecule has 0 aromatic heterocycles. The molecule has 0 N–H and O–H groups in total. The number of amides is 1. The maximum atomic E-state index is 12.8. The van der Waals surface area contributed by atoms with Gasteiger partial charge >= 0.3 is 0 Å². The van der Waals surface area contributed by atoms with Gasteiger partial charge in [-0.2, -0.15) is 0 Å². The van der Waals surface area contributed by atoms with Crippen molar-refractivity contribution in [2.24, 2.45) is 0 Å². The highest BCUT2D eigenvalue weighted by atomic mass is 32.2. The van der Waals surface area contributed by atoms with E-state index in [0.717, 1.165) is 18.8 Å². The van der Waals surface area contributed by atoms with Crippen LogP contribution in [0.15, 0.2) is 59.5 Å². The Hall–Kier alpha value is -2.39. The molecule has 2 saturated heterocycles. The second-order valence-electron chi connectivity index (χ2n) is 7.71. The van der Waals surface area contributed by atoms with Crippen LogP contribution in [0.3, 0.4) is 0 Å². The predicted octanol–water partition coefficient (Wildman–Crippen LogP) is 1.61. The Morgan fingerprint density at radius 1 is 0.900 bits per heavy atom. The summed E-state index contributed by atoms with van der Waals surface area (Å²) in [5, 5.41) is -0.907. The van der Waals surface area contributed by atoms with Crippen LogP contribution in [0.2, 0.25) is 0 Å². The molecule has 2 aliphatic rings. The summed E-state index contributed by atoms with van der Waals surface area (Å²) in [6.07, 6.45) is 0.122. The van der Waals surface area contributed by atoms with Crippen molar-refractivity contribution in [3.05, 3.63) is 60.2 Å². The Labute approximate surface area is 177 Å². The van der Waals surface area contributed by atoms with E-state index in [4.69, 9.17) is 0 Å². The molecule has 0 saturated carbocycles. The molecule has 2 heterocycles. The molecule has 4 rings (SSSR count). The lowest BCUT2D eigenvalue weighted by Crippen LogP contribution is -2.48. The zero-order valence-corrected chi connectivity index (χ0v) is 18.1. The van der Waals surface area contributed by atoms with E-state index in [1.807, 2.05) is 30.3 Å². The number of sulfone groups is 2. The number of carbonyl (C=O) groups is 1. The van der Waals surface area contributed by atoms with Crippen LogP contribution in [0.25, 0.3) is 0 Å². The Balaban J connectivity index is 1.41. The normalized spacial score (nSPS) is 21.5. The fourth-order valence-corrected chi connectivity index (χ4v) is 8.33. The van der Waals surface area contributed by atoms with E-state index in [1.165, 1.54) is 24.3 Å². The third kappa shape index (κ3) is 4.22. The van der Waals surface area contributed by atoms with Crippen LogP contribution in [0.1, 0.15) is 16.8 Å². The van der Waals surface area contributed by atoms with E-state index in [1.54, 1.807) is 4.90 Å². The molecule has 9 heteroatoms. The van der Waals surface area contributed by atoms with Crippen molar-refractivity contribution in [3.8, 4) is 0 Å². The Morgan fingerprint density at radius 3 is 2.10 bits per heavy atom. The Morgan fingerprint density at radius 2 is 1.53 bits per heavy atom. The highest BCUT2D eigenvalue weighted by Crippen LogP contribution is 2.26. The van der Waals surface area contributed by atoms with E-state index in [2.05, 4.69) is 4.90 Å². The first-order chi connectivity index (χ1) is 14.3. The summed E-state index contributed by atoms with van der Waals surface area (Å²) in [5.41, 5.74) is 1.56. The highest BCUT2D eigenvalue weighted by molar-refractivity contribution is 7.96. The van der Waals surface area contributed by atoms with E-state index in [9.17, 15) is 21.6 Å². The average molecular weight is 449 g/mol. The van der Waals surface area contributed by atoms with Gasteiger partial charge in [-0.05, 0) is 42.8 Å². The number of carbonyl (C=O) groups excluding carboxylic acids is 1. The van der Waals surface area contributed by atoms with Gasteiger partial charge in [-0.25, -0.2) is 16.8 Å². The highest BCUT2D eigenvalue weighted by Gasteiger charge is 2.38. The van der Waals surface area contributed by atoms with E-state index in [-0.39, 0.29) is 28.7 Å². The minimum atomic E-state index is -3.73. The van der Waals surface area contributed by atoms with Crippen molar-refractivity contribution in [2.75, 3.05) is 42.6 Å². The number of piperazine rings is 1. The van der Waals surface area contributed by atoms with Crippen LogP contribution < -0.4 is 4.90 Å². The van der Waals surface area contributed by atoms with Gasteiger partial charge in [0.1, 0.15) is 0 Å². The van der Waals surface area contributed by atoms with Crippen molar-refractivity contribution in [2.45, 2.75) is 16.6 Å². The quantitative estimate of drug-likeness (QED) is 0.706. The largest absolute Gasteiger partial charge is 0.368 e. The molecule has 1 amide bonds. The van der Waals surface area contributed by atoms with Crippen LogP contribution in [0, 0.1) is 0 Å². The summed E-state index contributed by atoms with van der Waals surface area (Å²) in [4.78, 5) is 16.9. The molecule has 2 aromatic carbocycles. The van der Waals surface area contributed by atoms with Crippen LogP contribution >= 0.6 is 0 Å². The second kappa shape index (κ2) is 8.03. The molecule has 1 atom stereocenters. The molecular formula is C21H24N2O5S2. The number of nitrogens with zero attached hydrogens (tertiary/aromatic N) is 2. The van der Waals surface area contributed by atoms with E-state index in [0.29, 0.717) is 18.7 Å². The monoisotopic (exact) mass is 448 g/mol. The topological polar surface area (TPSA) is 91.8 Å². The van der Waals surface area contributed by atoms with Crippen molar-refractivity contribution in [1.29, 1.82) is 0 Å². The lowest BCUT2D eigenvalue weighted by atomic mass is 10.1. The first kappa shape index (κ1) is 20.9. The fraction of sp³-hybridized carbons (Fsp3) is 0.381. The molecule has 2 aliphatic heterocycles. The summed E-state index contributed by atoms with van der Waals surface area (Å²) in [6.45, 7) is 2.65.